The monoisotopic (exact) mass is 489 g/mol. The van der Waals surface area contributed by atoms with Crippen LogP contribution in [0.15, 0.2) is 47.0 Å². The number of anilines is 3. The molecule has 3 N–H and O–H groups in total. The van der Waals surface area contributed by atoms with Crippen molar-refractivity contribution >= 4 is 34.4 Å². The number of carbonyl (C=O) groups is 1. The van der Waals surface area contributed by atoms with Crippen LogP contribution in [0.4, 0.5) is 17.4 Å². The van der Waals surface area contributed by atoms with Crippen LogP contribution in [0.25, 0.3) is 22.5 Å². The number of ether oxygens (including phenoxy) is 1. The lowest BCUT2D eigenvalue weighted by Gasteiger charge is -2.32. The molecule has 6 rings (SSSR count). The minimum Gasteiger partial charge on any atom is -0.423 e. The molecule has 0 spiro atoms. The van der Waals surface area contributed by atoms with Crippen molar-refractivity contribution in [2.75, 3.05) is 54.5 Å². The van der Waals surface area contributed by atoms with Gasteiger partial charge in [-0.25, -0.2) is 4.98 Å². The van der Waals surface area contributed by atoms with Crippen LogP contribution in [0.2, 0.25) is 0 Å². The Morgan fingerprint density at radius 2 is 1.89 bits per heavy atom. The third-order valence-corrected chi connectivity index (χ3v) is 6.59. The molecule has 0 unspecified atom stereocenters. The number of aliphatic hydroxyl groups excluding tert-OH is 1. The van der Waals surface area contributed by atoms with E-state index in [0.29, 0.717) is 75.2 Å². The fourth-order valence-corrected chi connectivity index (χ4v) is 4.61. The summed E-state index contributed by atoms with van der Waals surface area (Å²) in [5.74, 6) is -0.332. The van der Waals surface area contributed by atoms with Gasteiger partial charge in [0.25, 0.3) is 11.9 Å². The van der Waals surface area contributed by atoms with Crippen molar-refractivity contribution in [3.63, 3.8) is 0 Å². The second-order valence-corrected chi connectivity index (χ2v) is 8.98. The minimum atomic E-state index is -0.332. The van der Waals surface area contributed by atoms with E-state index < -0.39 is 0 Å². The van der Waals surface area contributed by atoms with E-state index in [1.165, 1.54) is 0 Å². The standard InChI is InChI=1S/C25H27N7O4/c33-16-5-8-31(9-6-16)22-14-21-23(36-25(29-21)32-10-12-35-13-11-32)15-20(22)28-24(34)19-3-1-2-17(27-19)18-4-7-26-30-18/h1-4,7,14-16,33H,5-6,8-13H2,(H,26,30)(H,28,34). The summed E-state index contributed by atoms with van der Waals surface area (Å²) >= 11 is 0. The van der Waals surface area contributed by atoms with Crippen molar-refractivity contribution in [1.82, 2.24) is 20.2 Å². The molecule has 0 bridgehead atoms. The molecule has 0 saturated carbocycles. The zero-order valence-corrected chi connectivity index (χ0v) is 19.7. The first kappa shape index (κ1) is 22.5. The molecule has 2 aliphatic rings. The van der Waals surface area contributed by atoms with Crippen LogP contribution in [0, 0.1) is 0 Å². The van der Waals surface area contributed by atoms with E-state index >= 15 is 0 Å². The van der Waals surface area contributed by atoms with E-state index in [1.54, 1.807) is 24.4 Å². The van der Waals surface area contributed by atoms with E-state index in [0.717, 1.165) is 16.9 Å². The van der Waals surface area contributed by atoms with Crippen LogP contribution < -0.4 is 15.1 Å². The van der Waals surface area contributed by atoms with Crippen LogP contribution in [0.1, 0.15) is 23.3 Å². The maximum absolute atomic E-state index is 13.3. The molecule has 0 atom stereocenters. The van der Waals surface area contributed by atoms with Gasteiger partial charge in [0.1, 0.15) is 11.2 Å². The molecular formula is C25H27N7O4. The van der Waals surface area contributed by atoms with Gasteiger partial charge in [-0.3, -0.25) is 9.89 Å². The molecule has 36 heavy (non-hydrogen) atoms. The second kappa shape index (κ2) is 9.59. The topological polar surface area (TPSA) is 133 Å². The van der Waals surface area contributed by atoms with Gasteiger partial charge < -0.3 is 29.4 Å². The molecule has 1 aromatic carbocycles. The maximum atomic E-state index is 13.3. The van der Waals surface area contributed by atoms with E-state index in [-0.39, 0.29) is 17.7 Å². The highest BCUT2D eigenvalue weighted by Gasteiger charge is 2.24. The highest BCUT2D eigenvalue weighted by Crippen LogP contribution is 2.35. The predicted octanol–water partition coefficient (Wildman–Crippen LogP) is 2.66. The average molecular weight is 490 g/mol. The Labute approximate surface area is 207 Å². The number of benzene rings is 1. The summed E-state index contributed by atoms with van der Waals surface area (Å²) in [6.07, 6.45) is 2.66. The average Bonchev–Trinajstić information content (AvgIpc) is 3.60. The molecule has 2 fully saturated rings. The van der Waals surface area contributed by atoms with Gasteiger partial charge in [0.15, 0.2) is 5.58 Å². The number of aliphatic hydroxyl groups is 1. The maximum Gasteiger partial charge on any atom is 0.298 e. The molecule has 1 amide bonds. The Kier molecular flexibility index (Phi) is 5.99. The number of rotatable bonds is 5. The van der Waals surface area contributed by atoms with Crippen molar-refractivity contribution in [3.8, 4) is 11.4 Å². The van der Waals surface area contributed by atoms with Gasteiger partial charge in [-0.2, -0.15) is 10.1 Å². The first-order chi connectivity index (χ1) is 17.6. The molecular weight excluding hydrogens is 462 g/mol. The number of amides is 1. The molecule has 11 heteroatoms. The number of H-pyrrole nitrogens is 1. The summed E-state index contributed by atoms with van der Waals surface area (Å²) in [7, 11) is 0. The zero-order chi connectivity index (χ0) is 24.5. The van der Waals surface area contributed by atoms with Crippen molar-refractivity contribution in [2.24, 2.45) is 0 Å². The van der Waals surface area contributed by atoms with E-state index in [2.05, 4.69) is 30.3 Å². The predicted molar refractivity (Wildman–Crippen MR) is 134 cm³/mol. The number of pyridine rings is 1. The first-order valence-electron chi connectivity index (χ1n) is 12.1. The number of oxazole rings is 1. The summed E-state index contributed by atoms with van der Waals surface area (Å²) in [6, 6.07) is 11.4. The van der Waals surface area contributed by atoms with Crippen molar-refractivity contribution in [3.05, 3.63) is 48.3 Å². The van der Waals surface area contributed by atoms with Gasteiger partial charge in [0.2, 0.25) is 0 Å². The van der Waals surface area contributed by atoms with Gasteiger partial charge in [-0.05, 0) is 37.1 Å². The highest BCUT2D eigenvalue weighted by atomic mass is 16.5. The lowest BCUT2D eigenvalue weighted by atomic mass is 10.1. The molecule has 0 aliphatic carbocycles. The molecule has 2 saturated heterocycles. The van der Waals surface area contributed by atoms with Crippen LogP contribution in [-0.2, 0) is 4.74 Å². The highest BCUT2D eigenvalue weighted by molar-refractivity contribution is 6.06. The summed E-state index contributed by atoms with van der Waals surface area (Å²) < 4.78 is 11.5. The van der Waals surface area contributed by atoms with Crippen LogP contribution >= 0.6 is 0 Å². The summed E-state index contributed by atoms with van der Waals surface area (Å²) in [5.41, 5.74) is 4.41. The number of hydrogen-bond acceptors (Lipinski definition) is 9. The van der Waals surface area contributed by atoms with Crippen LogP contribution in [0.5, 0.6) is 0 Å². The smallest absolute Gasteiger partial charge is 0.298 e. The third-order valence-electron chi connectivity index (χ3n) is 6.59. The minimum absolute atomic E-state index is 0.286. The molecule has 0 radical (unpaired) electrons. The lowest BCUT2D eigenvalue weighted by molar-refractivity contribution is 0.102. The quantitative estimate of drug-likeness (QED) is 0.387. The number of aromatic amines is 1. The van der Waals surface area contributed by atoms with Crippen LogP contribution in [-0.4, -0.2) is 76.7 Å². The number of aromatic nitrogens is 4. The summed E-state index contributed by atoms with van der Waals surface area (Å²) in [6.45, 7) is 4.05. The number of nitrogens with one attached hydrogen (secondary N) is 2. The van der Waals surface area contributed by atoms with Gasteiger partial charge in [0.05, 0.1) is 42.1 Å². The fourth-order valence-electron chi connectivity index (χ4n) is 4.61. The third kappa shape index (κ3) is 4.50. The second-order valence-electron chi connectivity index (χ2n) is 8.98. The molecule has 11 nitrogen and oxygen atoms in total. The van der Waals surface area contributed by atoms with E-state index in [1.807, 2.05) is 18.2 Å². The Hall–Kier alpha value is -3.96. The Bertz CT molecular complexity index is 1360. The number of nitrogens with zero attached hydrogens (tertiary/aromatic N) is 5. The first-order valence-corrected chi connectivity index (χ1v) is 12.1. The van der Waals surface area contributed by atoms with Gasteiger partial charge in [-0.1, -0.05) is 6.07 Å². The molecule has 186 valence electrons. The van der Waals surface area contributed by atoms with Crippen molar-refractivity contribution < 1.29 is 19.1 Å². The van der Waals surface area contributed by atoms with Crippen LogP contribution in [0.3, 0.4) is 0 Å². The number of fused-ring (bicyclic) bond motifs is 1. The Morgan fingerprint density at radius 1 is 1.06 bits per heavy atom. The number of carbonyl (C=O) groups excluding carboxylic acids is 1. The Balaban J connectivity index is 1.34. The van der Waals surface area contributed by atoms with E-state index in [4.69, 9.17) is 14.1 Å². The lowest BCUT2D eigenvalue weighted by Crippen LogP contribution is -2.36. The fraction of sp³-hybridized carbons (Fsp3) is 0.360. The summed E-state index contributed by atoms with van der Waals surface area (Å²) in [5, 5.41) is 19.9. The molecule has 3 aromatic heterocycles. The summed E-state index contributed by atoms with van der Waals surface area (Å²) in [4.78, 5) is 26.7. The number of hydrogen-bond donors (Lipinski definition) is 3. The molecule has 2 aliphatic heterocycles. The normalized spacial score (nSPS) is 17.0. The Morgan fingerprint density at radius 3 is 2.67 bits per heavy atom. The molecule has 5 heterocycles. The number of morpholine rings is 1. The van der Waals surface area contributed by atoms with E-state index in [9.17, 15) is 9.90 Å². The van der Waals surface area contributed by atoms with Gasteiger partial charge in [-0.15, -0.1) is 0 Å². The number of piperidine rings is 1. The zero-order valence-electron chi connectivity index (χ0n) is 19.7. The van der Waals surface area contributed by atoms with Crippen molar-refractivity contribution in [1.29, 1.82) is 0 Å². The SMILES string of the molecule is O=C(Nc1cc2oc(N3CCOCC3)nc2cc1N1CCC(O)CC1)c1cccc(-c2ccn[nH]2)n1. The molecule has 4 aromatic rings. The largest absolute Gasteiger partial charge is 0.423 e. The van der Waals surface area contributed by atoms with Gasteiger partial charge in [0, 0.05) is 38.4 Å². The van der Waals surface area contributed by atoms with Crippen molar-refractivity contribution in [2.45, 2.75) is 18.9 Å². The van der Waals surface area contributed by atoms with Gasteiger partial charge >= 0.3 is 0 Å².